The first-order valence-corrected chi connectivity index (χ1v) is 9.40. The first-order valence-electron chi connectivity index (χ1n) is 9.40. The molecule has 0 aliphatic carbocycles. The van der Waals surface area contributed by atoms with Crippen molar-refractivity contribution in [2.75, 3.05) is 0 Å². The summed E-state index contributed by atoms with van der Waals surface area (Å²) in [5.74, 6) is -1.91. The van der Waals surface area contributed by atoms with Crippen LogP contribution in [0.15, 0.2) is 89.5 Å². The van der Waals surface area contributed by atoms with E-state index < -0.39 is 17.6 Å². The molecule has 4 rings (SSSR count). The summed E-state index contributed by atoms with van der Waals surface area (Å²) < 4.78 is 32.2. The Hall–Kier alpha value is -3.80. The summed E-state index contributed by atoms with van der Waals surface area (Å²) in [5, 5.41) is 6.75. The molecule has 0 saturated carbocycles. The second kappa shape index (κ2) is 8.69. The van der Waals surface area contributed by atoms with E-state index in [-0.39, 0.29) is 23.8 Å². The number of amides is 1. The van der Waals surface area contributed by atoms with Gasteiger partial charge < -0.3 is 9.84 Å². The van der Waals surface area contributed by atoms with Crippen LogP contribution < -0.4 is 5.32 Å². The van der Waals surface area contributed by atoms with Gasteiger partial charge in [0.25, 0.3) is 0 Å². The van der Waals surface area contributed by atoms with E-state index in [1.807, 2.05) is 60.7 Å². The molecule has 3 aromatic carbocycles. The lowest BCUT2D eigenvalue weighted by Crippen LogP contribution is -2.29. The van der Waals surface area contributed by atoms with E-state index in [2.05, 4.69) is 10.5 Å². The molecule has 150 valence electrons. The van der Waals surface area contributed by atoms with Gasteiger partial charge in [-0.1, -0.05) is 65.8 Å². The Morgan fingerprint density at radius 1 is 0.900 bits per heavy atom. The second-order valence-electron chi connectivity index (χ2n) is 6.78. The third kappa shape index (κ3) is 4.27. The van der Waals surface area contributed by atoms with Gasteiger partial charge in [-0.3, -0.25) is 4.79 Å². The molecule has 1 N–H and O–H groups in total. The van der Waals surface area contributed by atoms with Crippen molar-refractivity contribution in [1.82, 2.24) is 10.5 Å². The Morgan fingerprint density at radius 2 is 1.53 bits per heavy atom. The highest BCUT2D eigenvalue weighted by Gasteiger charge is 2.22. The summed E-state index contributed by atoms with van der Waals surface area (Å²) in [6.45, 7) is 0.112. The molecule has 0 aliphatic rings. The highest BCUT2D eigenvalue weighted by molar-refractivity contribution is 5.87. The molecule has 0 aliphatic heterocycles. The lowest BCUT2D eigenvalue weighted by molar-refractivity contribution is -0.121. The largest absolute Gasteiger partial charge is 0.356 e. The zero-order valence-corrected chi connectivity index (χ0v) is 15.9. The Kier molecular flexibility index (Phi) is 5.66. The highest BCUT2D eigenvalue weighted by atomic mass is 19.1. The fourth-order valence-corrected chi connectivity index (χ4v) is 3.28. The normalized spacial score (nSPS) is 10.9. The van der Waals surface area contributed by atoms with Crippen LogP contribution in [0.2, 0.25) is 0 Å². The van der Waals surface area contributed by atoms with E-state index in [0.717, 1.165) is 23.3 Å². The number of benzene rings is 3. The first kappa shape index (κ1) is 19.5. The molecule has 0 fully saturated rings. The number of carbonyl (C=O) groups excluding carboxylic acids is 1. The standard InChI is InChI=1S/C24H18F2N2O2/c25-18-11-12-20(21(26)13-18)22-14-19(28-30-22)15-27-24(29)23(16-7-3-1-4-8-16)17-9-5-2-6-10-17/h1-14,23H,15H2,(H,27,29). The van der Waals surface area contributed by atoms with E-state index in [9.17, 15) is 13.6 Å². The second-order valence-corrected chi connectivity index (χ2v) is 6.78. The van der Waals surface area contributed by atoms with Crippen molar-refractivity contribution in [3.05, 3.63) is 113 Å². The molecule has 4 nitrogen and oxygen atoms in total. The van der Waals surface area contributed by atoms with Crippen LogP contribution in [0.4, 0.5) is 8.78 Å². The van der Waals surface area contributed by atoms with Gasteiger partial charge in [0.1, 0.15) is 17.3 Å². The van der Waals surface area contributed by atoms with Gasteiger partial charge in [-0.05, 0) is 23.3 Å². The number of hydrogen-bond acceptors (Lipinski definition) is 3. The molecule has 0 atom stereocenters. The first-order chi connectivity index (χ1) is 14.6. The predicted octanol–water partition coefficient (Wildman–Crippen LogP) is 5.07. The van der Waals surface area contributed by atoms with Gasteiger partial charge >= 0.3 is 0 Å². The molecule has 0 unspecified atom stereocenters. The van der Waals surface area contributed by atoms with Crippen LogP contribution in [0, 0.1) is 11.6 Å². The summed E-state index contributed by atoms with van der Waals surface area (Å²) in [7, 11) is 0. The summed E-state index contributed by atoms with van der Waals surface area (Å²) in [6, 6.07) is 23.7. The average molecular weight is 404 g/mol. The van der Waals surface area contributed by atoms with E-state index in [1.165, 1.54) is 12.1 Å². The third-order valence-electron chi connectivity index (χ3n) is 4.73. The molecule has 4 aromatic rings. The van der Waals surface area contributed by atoms with Crippen LogP contribution in [-0.4, -0.2) is 11.1 Å². The number of nitrogens with one attached hydrogen (secondary N) is 1. The average Bonchev–Trinajstić information content (AvgIpc) is 3.23. The molecular formula is C24H18F2N2O2. The van der Waals surface area contributed by atoms with Gasteiger partial charge in [-0.2, -0.15) is 0 Å². The molecule has 1 heterocycles. The topological polar surface area (TPSA) is 55.1 Å². The van der Waals surface area contributed by atoms with Gasteiger partial charge in [-0.25, -0.2) is 8.78 Å². The molecule has 0 radical (unpaired) electrons. The molecule has 0 saturated heterocycles. The molecule has 0 spiro atoms. The summed E-state index contributed by atoms with van der Waals surface area (Å²) in [6.07, 6.45) is 0. The minimum Gasteiger partial charge on any atom is -0.356 e. The highest BCUT2D eigenvalue weighted by Crippen LogP contribution is 2.26. The van der Waals surface area contributed by atoms with Crippen LogP contribution in [0.5, 0.6) is 0 Å². The maximum Gasteiger partial charge on any atom is 0.232 e. The molecule has 1 aromatic heterocycles. The van der Waals surface area contributed by atoms with Crippen LogP contribution in [0.3, 0.4) is 0 Å². The van der Waals surface area contributed by atoms with Crippen LogP contribution >= 0.6 is 0 Å². The summed E-state index contributed by atoms with van der Waals surface area (Å²) >= 11 is 0. The van der Waals surface area contributed by atoms with Crippen molar-refractivity contribution in [2.45, 2.75) is 12.5 Å². The maximum atomic E-state index is 13.9. The monoisotopic (exact) mass is 404 g/mol. The number of rotatable bonds is 6. The van der Waals surface area contributed by atoms with Crippen LogP contribution in [0.25, 0.3) is 11.3 Å². The Balaban J connectivity index is 1.51. The zero-order valence-electron chi connectivity index (χ0n) is 15.9. The molecule has 0 bridgehead atoms. The predicted molar refractivity (Wildman–Crippen MR) is 108 cm³/mol. The van der Waals surface area contributed by atoms with Crippen LogP contribution in [-0.2, 0) is 11.3 Å². The van der Waals surface area contributed by atoms with Crippen molar-refractivity contribution in [3.8, 4) is 11.3 Å². The fourth-order valence-electron chi connectivity index (χ4n) is 3.28. The van der Waals surface area contributed by atoms with Gasteiger partial charge in [0.2, 0.25) is 5.91 Å². The Labute approximate surface area is 172 Å². The lowest BCUT2D eigenvalue weighted by Gasteiger charge is -2.17. The quantitative estimate of drug-likeness (QED) is 0.488. The number of nitrogens with zero attached hydrogens (tertiary/aromatic N) is 1. The summed E-state index contributed by atoms with van der Waals surface area (Å²) in [4.78, 5) is 13.0. The lowest BCUT2D eigenvalue weighted by atomic mass is 9.90. The zero-order chi connectivity index (χ0) is 20.9. The van der Waals surface area contributed by atoms with Crippen molar-refractivity contribution < 1.29 is 18.1 Å². The van der Waals surface area contributed by atoms with E-state index in [1.54, 1.807) is 0 Å². The fraction of sp³-hybridized carbons (Fsp3) is 0.0833. The maximum absolute atomic E-state index is 13.9. The van der Waals surface area contributed by atoms with E-state index in [0.29, 0.717) is 5.69 Å². The van der Waals surface area contributed by atoms with E-state index >= 15 is 0 Å². The molecular weight excluding hydrogens is 386 g/mol. The smallest absolute Gasteiger partial charge is 0.232 e. The van der Waals surface area contributed by atoms with Crippen LogP contribution in [0.1, 0.15) is 22.7 Å². The number of hydrogen-bond donors (Lipinski definition) is 1. The number of carbonyl (C=O) groups is 1. The SMILES string of the molecule is O=C(NCc1cc(-c2ccc(F)cc2F)on1)C(c1ccccc1)c1ccccc1. The van der Waals surface area contributed by atoms with Gasteiger partial charge in [0.05, 0.1) is 18.0 Å². The van der Waals surface area contributed by atoms with Gasteiger partial charge in [0.15, 0.2) is 5.76 Å². The van der Waals surface area contributed by atoms with Crippen molar-refractivity contribution in [2.24, 2.45) is 0 Å². The Morgan fingerprint density at radius 3 is 2.13 bits per heavy atom. The number of aromatic nitrogens is 1. The van der Waals surface area contributed by atoms with Gasteiger partial charge in [-0.15, -0.1) is 0 Å². The van der Waals surface area contributed by atoms with E-state index in [4.69, 9.17) is 4.52 Å². The van der Waals surface area contributed by atoms with Crippen molar-refractivity contribution in [3.63, 3.8) is 0 Å². The molecule has 1 amide bonds. The molecule has 6 heteroatoms. The molecule has 30 heavy (non-hydrogen) atoms. The Bertz CT molecular complexity index is 1100. The van der Waals surface area contributed by atoms with Crippen molar-refractivity contribution in [1.29, 1.82) is 0 Å². The minimum atomic E-state index is -0.741. The van der Waals surface area contributed by atoms with Crippen molar-refractivity contribution >= 4 is 5.91 Å². The van der Waals surface area contributed by atoms with Gasteiger partial charge in [0, 0.05) is 12.1 Å². The summed E-state index contributed by atoms with van der Waals surface area (Å²) in [5.41, 5.74) is 2.28. The third-order valence-corrected chi connectivity index (χ3v) is 4.73. The number of halogens is 2. The minimum absolute atomic E-state index is 0.105.